The summed E-state index contributed by atoms with van der Waals surface area (Å²) >= 11 is 0. The summed E-state index contributed by atoms with van der Waals surface area (Å²) in [5.41, 5.74) is 3.39. The van der Waals surface area contributed by atoms with Crippen molar-refractivity contribution in [2.24, 2.45) is 5.10 Å². The normalized spacial score (nSPS) is 22.9. The Hall–Kier alpha value is -1.56. The lowest BCUT2D eigenvalue weighted by molar-refractivity contribution is 0.474. The first-order chi connectivity index (χ1) is 8.07. The van der Waals surface area contributed by atoms with Crippen molar-refractivity contribution in [3.8, 4) is 5.75 Å². The molecule has 1 aromatic rings. The summed E-state index contributed by atoms with van der Waals surface area (Å²) in [6, 6.07) is 6.69. The molecule has 0 saturated carbocycles. The Morgan fingerprint density at radius 1 is 1.41 bits per heavy atom. The predicted molar refractivity (Wildman–Crippen MR) is 65.9 cm³/mol. The van der Waals surface area contributed by atoms with E-state index >= 15 is 0 Å². The predicted octanol–water partition coefficient (Wildman–Crippen LogP) is 0.503. The lowest BCUT2D eigenvalue weighted by Crippen LogP contribution is -2.25. The van der Waals surface area contributed by atoms with Gasteiger partial charge < -0.3 is 10.5 Å². The SMILES string of the molecule is O=S1(=O)CC[C@H](N/N=C/c2ccccc2O)C1. The molecule has 0 aromatic heterocycles. The van der Waals surface area contributed by atoms with Gasteiger partial charge in [-0.15, -0.1) is 0 Å². The van der Waals surface area contributed by atoms with E-state index in [1.807, 2.05) is 0 Å². The van der Waals surface area contributed by atoms with Crippen LogP contribution in [-0.4, -0.2) is 37.3 Å². The Morgan fingerprint density at radius 3 is 2.82 bits per heavy atom. The molecule has 1 aliphatic rings. The Labute approximate surface area is 100 Å². The van der Waals surface area contributed by atoms with Crippen LogP contribution in [0.25, 0.3) is 0 Å². The third-order valence-electron chi connectivity index (χ3n) is 2.63. The average Bonchev–Trinajstić information content (AvgIpc) is 2.61. The molecule has 0 radical (unpaired) electrons. The maximum atomic E-state index is 11.2. The first-order valence-corrected chi connectivity index (χ1v) is 7.16. The fourth-order valence-corrected chi connectivity index (χ4v) is 3.37. The number of phenols is 1. The van der Waals surface area contributed by atoms with E-state index in [-0.39, 0.29) is 23.3 Å². The summed E-state index contributed by atoms with van der Waals surface area (Å²) in [7, 11) is -2.88. The quantitative estimate of drug-likeness (QED) is 0.608. The van der Waals surface area contributed by atoms with Gasteiger partial charge in [0.15, 0.2) is 9.84 Å². The van der Waals surface area contributed by atoms with Gasteiger partial charge in [-0.3, -0.25) is 0 Å². The second-order valence-corrected chi connectivity index (χ2v) is 6.27. The second kappa shape index (κ2) is 4.75. The van der Waals surface area contributed by atoms with Crippen molar-refractivity contribution in [3.63, 3.8) is 0 Å². The molecule has 1 heterocycles. The van der Waals surface area contributed by atoms with Crippen molar-refractivity contribution >= 4 is 16.1 Å². The number of hydrogen-bond donors (Lipinski definition) is 2. The molecular weight excluding hydrogens is 240 g/mol. The van der Waals surface area contributed by atoms with Crippen LogP contribution < -0.4 is 5.43 Å². The fraction of sp³-hybridized carbons (Fsp3) is 0.364. The van der Waals surface area contributed by atoms with E-state index in [2.05, 4.69) is 10.5 Å². The van der Waals surface area contributed by atoms with E-state index in [1.54, 1.807) is 24.3 Å². The van der Waals surface area contributed by atoms with Gasteiger partial charge in [0, 0.05) is 5.56 Å². The molecule has 0 unspecified atom stereocenters. The molecule has 6 heteroatoms. The zero-order chi connectivity index (χ0) is 12.3. The number of benzene rings is 1. The first-order valence-electron chi connectivity index (χ1n) is 5.34. The molecule has 0 aliphatic carbocycles. The molecule has 5 nitrogen and oxygen atoms in total. The molecule has 2 rings (SSSR count). The monoisotopic (exact) mass is 254 g/mol. The average molecular weight is 254 g/mol. The highest BCUT2D eigenvalue weighted by Crippen LogP contribution is 2.13. The van der Waals surface area contributed by atoms with Crippen molar-refractivity contribution < 1.29 is 13.5 Å². The number of para-hydroxylation sites is 1. The Balaban J connectivity index is 1.93. The highest BCUT2D eigenvalue weighted by atomic mass is 32.2. The zero-order valence-electron chi connectivity index (χ0n) is 9.20. The third kappa shape index (κ3) is 3.20. The number of hydrazone groups is 1. The van der Waals surface area contributed by atoms with E-state index in [0.717, 1.165) is 0 Å². The minimum Gasteiger partial charge on any atom is -0.507 e. The molecule has 2 N–H and O–H groups in total. The van der Waals surface area contributed by atoms with Crippen molar-refractivity contribution in [2.45, 2.75) is 12.5 Å². The van der Waals surface area contributed by atoms with Crippen LogP contribution in [0.5, 0.6) is 5.75 Å². The van der Waals surface area contributed by atoms with Gasteiger partial charge in [-0.25, -0.2) is 8.42 Å². The summed E-state index contributed by atoms with van der Waals surface area (Å²) in [6.07, 6.45) is 2.07. The van der Waals surface area contributed by atoms with Crippen LogP contribution in [-0.2, 0) is 9.84 Å². The van der Waals surface area contributed by atoms with E-state index in [9.17, 15) is 13.5 Å². The molecule has 1 saturated heterocycles. The number of nitrogens with one attached hydrogen (secondary N) is 1. The number of rotatable bonds is 3. The van der Waals surface area contributed by atoms with E-state index in [0.29, 0.717) is 12.0 Å². The lowest BCUT2D eigenvalue weighted by atomic mass is 10.2. The highest BCUT2D eigenvalue weighted by molar-refractivity contribution is 7.91. The molecule has 0 bridgehead atoms. The Bertz CT molecular complexity index is 525. The van der Waals surface area contributed by atoms with Gasteiger partial charge in [0.1, 0.15) is 5.75 Å². The summed E-state index contributed by atoms with van der Waals surface area (Å²) in [5, 5.41) is 13.4. The highest BCUT2D eigenvalue weighted by Gasteiger charge is 2.27. The van der Waals surface area contributed by atoms with E-state index in [1.165, 1.54) is 6.21 Å². The molecule has 1 aliphatic heterocycles. The number of sulfone groups is 1. The molecule has 0 amide bonds. The number of phenolic OH excluding ortho intramolecular Hbond substituents is 1. The number of hydrogen-bond acceptors (Lipinski definition) is 5. The second-order valence-electron chi connectivity index (χ2n) is 4.05. The smallest absolute Gasteiger partial charge is 0.152 e. The van der Waals surface area contributed by atoms with Gasteiger partial charge in [0.2, 0.25) is 0 Å². The van der Waals surface area contributed by atoms with Crippen molar-refractivity contribution in [1.82, 2.24) is 5.43 Å². The van der Waals surface area contributed by atoms with Gasteiger partial charge in [0.05, 0.1) is 23.8 Å². The summed E-state index contributed by atoms with van der Waals surface area (Å²) in [5.74, 6) is 0.499. The van der Waals surface area contributed by atoms with E-state index < -0.39 is 9.84 Å². The zero-order valence-corrected chi connectivity index (χ0v) is 10.0. The van der Waals surface area contributed by atoms with Crippen LogP contribution in [0.1, 0.15) is 12.0 Å². The number of nitrogens with zero attached hydrogens (tertiary/aromatic N) is 1. The van der Waals surface area contributed by atoms with Gasteiger partial charge in [-0.2, -0.15) is 5.10 Å². The van der Waals surface area contributed by atoms with Crippen molar-refractivity contribution in [3.05, 3.63) is 29.8 Å². The van der Waals surface area contributed by atoms with Crippen LogP contribution in [0.4, 0.5) is 0 Å². The van der Waals surface area contributed by atoms with Crippen LogP contribution in [0, 0.1) is 0 Å². The summed E-state index contributed by atoms with van der Waals surface area (Å²) in [6.45, 7) is 0. The number of aromatic hydroxyl groups is 1. The molecule has 92 valence electrons. The Morgan fingerprint density at radius 2 is 2.18 bits per heavy atom. The van der Waals surface area contributed by atoms with Gasteiger partial charge >= 0.3 is 0 Å². The minimum absolute atomic E-state index is 0.123. The van der Waals surface area contributed by atoms with Gasteiger partial charge in [-0.1, -0.05) is 12.1 Å². The molecule has 1 aromatic carbocycles. The summed E-state index contributed by atoms with van der Waals surface area (Å²) in [4.78, 5) is 0. The first kappa shape index (κ1) is 11.9. The fourth-order valence-electron chi connectivity index (χ4n) is 1.71. The molecular formula is C11H14N2O3S. The van der Waals surface area contributed by atoms with Crippen molar-refractivity contribution in [2.75, 3.05) is 11.5 Å². The van der Waals surface area contributed by atoms with E-state index in [4.69, 9.17) is 0 Å². The molecule has 1 fully saturated rings. The molecule has 17 heavy (non-hydrogen) atoms. The van der Waals surface area contributed by atoms with Gasteiger partial charge in [-0.05, 0) is 18.6 Å². The Kier molecular flexibility index (Phi) is 3.33. The topological polar surface area (TPSA) is 78.8 Å². The lowest BCUT2D eigenvalue weighted by Gasteiger charge is -2.05. The van der Waals surface area contributed by atoms with Gasteiger partial charge in [0.25, 0.3) is 0 Å². The standard InChI is InChI=1S/C11H14N2O3S/c14-11-4-2-1-3-9(11)7-12-13-10-5-6-17(15,16)8-10/h1-4,7,10,13-14H,5-6,8H2/b12-7+/t10-/m0/s1. The van der Waals surface area contributed by atoms with Crippen LogP contribution >= 0.6 is 0 Å². The molecule has 1 atom stereocenters. The van der Waals surface area contributed by atoms with Crippen LogP contribution in [0.2, 0.25) is 0 Å². The molecule has 0 spiro atoms. The summed E-state index contributed by atoms with van der Waals surface area (Å²) < 4.78 is 22.4. The minimum atomic E-state index is -2.88. The maximum Gasteiger partial charge on any atom is 0.152 e. The van der Waals surface area contributed by atoms with Crippen molar-refractivity contribution in [1.29, 1.82) is 0 Å². The third-order valence-corrected chi connectivity index (χ3v) is 4.40. The van der Waals surface area contributed by atoms with Crippen LogP contribution in [0.15, 0.2) is 29.4 Å². The maximum absolute atomic E-state index is 11.2. The largest absolute Gasteiger partial charge is 0.507 e. The van der Waals surface area contributed by atoms with Crippen LogP contribution in [0.3, 0.4) is 0 Å².